The van der Waals surface area contributed by atoms with Crippen LogP contribution in [0.1, 0.15) is 26.7 Å². The summed E-state index contributed by atoms with van der Waals surface area (Å²) in [6.07, 6.45) is 2.30. The van der Waals surface area contributed by atoms with Crippen LogP contribution in [0.3, 0.4) is 0 Å². The zero-order valence-electron chi connectivity index (χ0n) is 9.45. The van der Waals surface area contributed by atoms with Gasteiger partial charge in [0.25, 0.3) is 0 Å². The lowest BCUT2D eigenvalue weighted by molar-refractivity contribution is -0.142. The van der Waals surface area contributed by atoms with Crippen molar-refractivity contribution in [2.45, 2.75) is 32.7 Å². The molecule has 0 aromatic rings. The van der Waals surface area contributed by atoms with E-state index in [9.17, 15) is 4.79 Å². The molecule has 2 N–H and O–H groups in total. The number of hydrogen-bond donors (Lipinski definition) is 1. The Balaban J connectivity index is 3.85. The second-order valence-corrected chi connectivity index (χ2v) is 3.38. The van der Waals surface area contributed by atoms with Crippen molar-refractivity contribution in [3.63, 3.8) is 0 Å². The van der Waals surface area contributed by atoms with Crippen LogP contribution in [0.15, 0.2) is 0 Å². The maximum atomic E-state index is 11.1. The van der Waals surface area contributed by atoms with E-state index in [0.717, 1.165) is 25.9 Å². The number of likely N-dealkylation sites (N-methyl/N-ethyl adjacent to an activating group) is 1. The number of esters is 1. The van der Waals surface area contributed by atoms with Gasteiger partial charge in [0.05, 0.1) is 7.11 Å². The number of ether oxygens (including phenoxy) is 1. The van der Waals surface area contributed by atoms with Crippen molar-refractivity contribution in [3.8, 4) is 0 Å². The first-order valence-corrected chi connectivity index (χ1v) is 5.21. The lowest BCUT2D eigenvalue weighted by Crippen LogP contribution is -2.43. The van der Waals surface area contributed by atoms with Crippen molar-refractivity contribution in [2.75, 3.05) is 26.7 Å². The van der Waals surface area contributed by atoms with Crippen molar-refractivity contribution >= 4 is 5.97 Å². The average molecular weight is 202 g/mol. The van der Waals surface area contributed by atoms with Crippen LogP contribution in [-0.4, -0.2) is 43.7 Å². The molecule has 0 aromatic carbocycles. The minimum absolute atomic E-state index is 0.333. The quantitative estimate of drug-likeness (QED) is 0.614. The Morgan fingerprint density at radius 1 is 1.50 bits per heavy atom. The minimum Gasteiger partial charge on any atom is -0.468 e. The molecule has 0 aliphatic carbocycles. The number of rotatable bonds is 7. The molecule has 0 radical (unpaired) electrons. The summed E-state index contributed by atoms with van der Waals surface area (Å²) >= 11 is 0. The zero-order valence-corrected chi connectivity index (χ0v) is 9.45. The Hall–Kier alpha value is -0.610. The van der Waals surface area contributed by atoms with Crippen LogP contribution in [0.2, 0.25) is 0 Å². The number of nitrogens with zero attached hydrogens (tertiary/aromatic N) is 1. The first-order valence-electron chi connectivity index (χ1n) is 5.21. The summed E-state index contributed by atoms with van der Waals surface area (Å²) in [6, 6.07) is -0.517. The van der Waals surface area contributed by atoms with Crippen LogP contribution in [0.4, 0.5) is 0 Å². The van der Waals surface area contributed by atoms with Gasteiger partial charge in [0.2, 0.25) is 0 Å². The van der Waals surface area contributed by atoms with E-state index in [0.29, 0.717) is 6.54 Å². The van der Waals surface area contributed by atoms with Gasteiger partial charge in [-0.25, -0.2) is 0 Å². The van der Waals surface area contributed by atoms with Gasteiger partial charge in [-0.3, -0.25) is 4.79 Å². The molecule has 1 unspecified atom stereocenters. The van der Waals surface area contributed by atoms with Gasteiger partial charge in [-0.15, -0.1) is 0 Å². The largest absolute Gasteiger partial charge is 0.468 e. The first-order chi connectivity index (χ1) is 6.65. The molecular weight excluding hydrogens is 180 g/mol. The van der Waals surface area contributed by atoms with Crippen LogP contribution in [0, 0.1) is 0 Å². The number of hydrogen-bond acceptors (Lipinski definition) is 4. The molecule has 0 aliphatic heterocycles. The Kier molecular flexibility index (Phi) is 7.42. The van der Waals surface area contributed by atoms with Gasteiger partial charge >= 0.3 is 5.97 Å². The Morgan fingerprint density at radius 3 is 2.57 bits per heavy atom. The van der Waals surface area contributed by atoms with E-state index in [1.807, 2.05) is 0 Å². The fourth-order valence-electron chi connectivity index (χ4n) is 1.26. The van der Waals surface area contributed by atoms with Crippen LogP contribution in [-0.2, 0) is 9.53 Å². The van der Waals surface area contributed by atoms with Crippen molar-refractivity contribution < 1.29 is 9.53 Å². The Bertz CT molecular complexity index is 162. The summed E-state index contributed by atoms with van der Waals surface area (Å²) in [4.78, 5) is 13.2. The normalized spacial score (nSPS) is 12.9. The molecule has 14 heavy (non-hydrogen) atoms. The highest BCUT2D eigenvalue weighted by atomic mass is 16.5. The van der Waals surface area contributed by atoms with Crippen molar-refractivity contribution in [1.82, 2.24) is 4.90 Å². The third-order valence-corrected chi connectivity index (χ3v) is 2.23. The first kappa shape index (κ1) is 13.4. The van der Waals surface area contributed by atoms with Crippen molar-refractivity contribution in [2.24, 2.45) is 5.73 Å². The molecule has 84 valence electrons. The highest BCUT2D eigenvalue weighted by Crippen LogP contribution is 1.96. The maximum absolute atomic E-state index is 11.1. The average Bonchev–Trinajstić information content (AvgIpc) is 2.22. The SMILES string of the molecule is CCCCN(CC)CC(N)C(=O)OC. The second-order valence-electron chi connectivity index (χ2n) is 3.38. The van der Waals surface area contributed by atoms with Crippen LogP contribution < -0.4 is 5.73 Å². The molecule has 4 heteroatoms. The molecule has 0 amide bonds. The van der Waals surface area contributed by atoms with E-state index in [1.165, 1.54) is 7.11 Å². The lowest BCUT2D eigenvalue weighted by atomic mass is 10.2. The van der Waals surface area contributed by atoms with Gasteiger partial charge in [-0.2, -0.15) is 0 Å². The van der Waals surface area contributed by atoms with Gasteiger partial charge in [-0.05, 0) is 19.5 Å². The maximum Gasteiger partial charge on any atom is 0.323 e. The molecule has 4 nitrogen and oxygen atoms in total. The minimum atomic E-state index is -0.517. The van der Waals surface area contributed by atoms with Gasteiger partial charge in [0, 0.05) is 6.54 Å². The van der Waals surface area contributed by atoms with Crippen molar-refractivity contribution in [3.05, 3.63) is 0 Å². The summed E-state index contributed by atoms with van der Waals surface area (Å²) in [5.41, 5.74) is 5.66. The van der Waals surface area contributed by atoms with E-state index in [-0.39, 0.29) is 5.97 Å². The number of unbranched alkanes of at least 4 members (excludes halogenated alkanes) is 1. The smallest absolute Gasteiger partial charge is 0.323 e. The summed E-state index contributed by atoms with van der Waals surface area (Å²) in [6.45, 7) is 6.72. The topological polar surface area (TPSA) is 55.6 Å². The third kappa shape index (κ3) is 5.19. The molecule has 0 rings (SSSR count). The third-order valence-electron chi connectivity index (χ3n) is 2.23. The molecule has 0 aliphatic rings. The highest BCUT2D eigenvalue weighted by molar-refractivity contribution is 5.75. The number of carbonyl (C=O) groups is 1. The standard InChI is InChI=1S/C10H22N2O2/c1-4-6-7-12(5-2)8-9(11)10(13)14-3/h9H,4-8,11H2,1-3H3. The second kappa shape index (κ2) is 7.76. The Labute approximate surface area is 86.4 Å². The Morgan fingerprint density at radius 2 is 2.14 bits per heavy atom. The predicted molar refractivity (Wildman–Crippen MR) is 57.0 cm³/mol. The summed E-state index contributed by atoms with van der Waals surface area (Å²) in [5.74, 6) is -0.333. The van der Waals surface area contributed by atoms with E-state index >= 15 is 0 Å². The monoisotopic (exact) mass is 202 g/mol. The van der Waals surface area contributed by atoms with Gasteiger partial charge < -0.3 is 15.4 Å². The summed E-state index contributed by atoms with van der Waals surface area (Å²) in [7, 11) is 1.37. The number of methoxy groups -OCH3 is 1. The molecule has 0 aromatic heterocycles. The van der Waals surface area contributed by atoms with E-state index in [4.69, 9.17) is 5.73 Å². The van der Waals surface area contributed by atoms with E-state index < -0.39 is 6.04 Å². The molecular formula is C10H22N2O2. The van der Waals surface area contributed by atoms with Gasteiger partial charge in [0.1, 0.15) is 6.04 Å². The fourth-order valence-corrected chi connectivity index (χ4v) is 1.26. The van der Waals surface area contributed by atoms with Crippen molar-refractivity contribution in [1.29, 1.82) is 0 Å². The molecule has 0 heterocycles. The van der Waals surface area contributed by atoms with E-state index in [2.05, 4.69) is 23.5 Å². The molecule has 0 bridgehead atoms. The zero-order chi connectivity index (χ0) is 11.0. The summed E-state index contributed by atoms with van der Waals surface area (Å²) in [5, 5.41) is 0. The predicted octanol–water partition coefficient (Wildman–Crippen LogP) is 0.609. The molecule has 1 atom stereocenters. The van der Waals surface area contributed by atoms with Gasteiger partial charge in [0.15, 0.2) is 0 Å². The highest BCUT2D eigenvalue weighted by Gasteiger charge is 2.16. The molecule has 0 spiro atoms. The van der Waals surface area contributed by atoms with Crippen LogP contribution >= 0.6 is 0 Å². The van der Waals surface area contributed by atoms with Crippen LogP contribution in [0.5, 0.6) is 0 Å². The lowest BCUT2D eigenvalue weighted by Gasteiger charge is -2.22. The van der Waals surface area contributed by atoms with E-state index in [1.54, 1.807) is 0 Å². The fraction of sp³-hybridized carbons (Fsp3) is 0.900. The van der Waals surface area contributed by atoms with Gasteiger partial charge in [-0.1, -0.05) is 20.3 Å². The van der Waals surface area contributed by atoms with Crippen LogP contribution in [0.25, 0.3) is 0 Å². The molecule has 0 saturated carbocycles. The number of nitrogens with two attached hydrogens (primary N) is 1. The molecule has 0 fully saturated rings. The summed E-state index contributed by atoms with van der Waals surface area (Å²) < 4.78 is 4.57. The number of carbonyl (C=O) groups excluding carboxylic acids is 1. The molecule has 0 saturated heterocycles.